The maximum absolute atomic E-state index is 6.40. The van der Waals surface area contributed by atoms with Crippen LogP contribution in [0.2, 0.25) is 5.02 Å². The van der Waals surface area contributed by atoms with Gasteiger partial charge in [-0.15, -0.1) is 0 Å². The van der Waals surface area contributed by atoms with E-state index in [0.29, 0.717) is 0 Å². The molecular weight excluding hydrogens is 352 g/mol. The summed E-state index contributed by atoms with van der Waals surface area (Å²) in [6.07, 6.45) is 3.46. The average Bonchev–Trinajstić information content (AvgIpc) is 2.91. The first-order chi connectivity index (χ1) is 10.2. The predicted molar refractivity (Wildman–Crippen MR) is 89.6 cm³/mol. The van der Waals surface area contributed by atoms with Gasteiger partial charge < -0.3 is 5.32 Å². The molecule has 4 nitrogen and oxygen atoms in total. The zero-order valence-corrected chi connectivity index (χ0v) is 14.7. The van der Waals surface area contributed by atoms with Crippen molar-refractivity contribution in [2.24, 2.45) is 0 Å². The van der Waals surface area contributed by atoms with Gasteiger partial charge in [-0.05, 0) is 37.6 Å². The Hall–Kier alpha value is -0.910. The Morgan fingerprint density at radius 1 is 1.38 bits per heavy atom. The van der Waals surface area contributed by atoms with Crippen molar-refractivity contribution in [3.63, 3.8) is 0 Å². The highest BCUT2D eigenvalue weighted by Crippen LogP contribution is 2.28. The molecule has 1 aromatic carbocycles. The molecule has 1 N–H and O–H groups in total. The number of aromatic nitrogens is 3. The average molecular weight is 372 g/mol. The molecule has 6 heteroatoms. The summed E-state index contributed by atoms with van der Waals surface area (Å²) in [4.78, 5) is 4.37. The molecular formula is C15H20BrClN4. The molecule has 0 bridgehead atoms. The highest BCUT2D eigenvalue weighted by molar-refractivity contribution is 9.10. The number of hydrogen-bond donors (Lipinski definition) is 1. The third-order valence-corrected chi connectivity index (χ3v) is 4.18. The van der Waals surface area contributed by atoms with E-state index in [1.165, 1.54) is 0 Å². The second-order valence-electron chi connectivity index (χ2n) is 4.87. The molecule has 2 rings (SSSR count). The van der Waals surface area contributed by atoms with Crippen LogP contribution in [0.4, 0.5) is 0 Å². The Kier molecular flexibility index (Phi) is 6.21. The molecule has 0 fully saturated rings. The van der Waals surface area contributed by atoms with Crippen LogP contribution in [0.15, 0.2) is 29.0 Å². The topological polar surface area (TPSA) is 42.7 Å². The van der Waals surface area contributed by atoms with E-state index >= 15 is 0 Å². The lowest BCUT2D eigenvalue weighted by molar-refractivity contribution is 0.497. The fourth-order valence-electron chi connectivity index (χ4n) is 2.29. The summed E-state index contributed by atoms with van der Waals surface area (Å²) in [6.45, 7) is 5.99. The van der Waals surface area contributed by atoms with Crippen LogP contribution >= 0.6 is 27.5 Å². The molecule has 1 unspecified atom stereocenters. The summed E-state index contributed by atoms with van der Waals surface area (Å²) in [7, 11) is 0. The summed E-state index contributed by atoms with van der Waals surface area (Å²) in [5.41, 5.74) is 1.10. The van der Waals surface area contributed by atoms with Crippen LogP contribution in [0, 0.1) is 0 Å². The molecule has 0 amide bonds. The van der Waals surface area contributed by atoms with Gasteiger partial charge in [-0.2, -0.15) is 5.10 Å². The normalized spacial score (nSPS) is 12.6. The van der Waals surface area contributed by atoms with Crippen LogP contribution in [0.5, 0.6) is 0 Å². The number of nitrogens with zero attached hydrogens (tertiary/aromatic N) is 3. The molecule has 1 aromatic heterocycles. The van der Waals surface area contributed by atoms with E-state index in [4.69, 9.17) is 11.6 Å². The predicted octanol–water partition coefficient (Wildman–Crippen LogP) is 4.00. The zero-order valence-electron chi connectivity index (χ0n) is 12.3. The van der Waals surface area contributed by atoms with Gasteiger partial charge >= 0.3 is 0 Å². The van der Waals surface area contributed by atoms with Gasteiger partial charge in [-0.1, -0.05) is 40.5 Å². The van der Waals surface area contributed by atoms with Gasteiger partial charge in [-0.25, -0.2) is 4.98 Å². The molecule has 0 aliphatic heterocycles. The summed E-state index contributed by atoms with van der Waals surface area (Å²) in [6, 6.07) is 6.15. The highest BCUT2D eigenvalue weighted by atomic mass is 79.9. The van der Waals surface area contributed by atoms with Crippen molar-refractivity contribution in [3.8, 4) is 0 Å². The largest absolute Gasteiger partial charge is 0.310 e. The summed E-state index contributed by atoms with van der Waals surface area (Å²) in [5.74, 6) is 0.977. The lowest BCUT2D eigenvalue weighted by Crippen LogP contribution is -2.25. The standard InChI is InChI=1S/C15H20BrClN4/c1-3-7-18-14(9-15-19-10-20-21(15)4-2)12-6-5-11(16)8-13(12)17/h5-6,8,10,14,18H,3-4,7,9H2,1-2H3. The maximum atomic E-state index is 6.40. The van der Waals surface area contributed by atoms with E-state index < -0.39 is 0 Å². The monoisotopic (exact) mass is 370 g/mol. The fraction of sp³-hybridized carbons (Fsp3) is 0.467. The second kappa shape index (κ2) is 7.92. The lowest BCUT2D eigenvalue weighted by atomic mass is 10.0. The Balaban J connectivity index is 2.25. The first kappa shape index (κ1) is 16.5. The summed E-state index contributed by atoms with van der Waals surface area (Å²) in [5, 5.41) is 8.55. The SMILES string of the molecule is CCCNC(Cc1ncnn1CC)c1ccc(Br)cc1Cl. The van der Waals surface area contributed by atoms with Gasteiger partial charge in [0.15, 0.2) is 0 Å². The van der Waals surface area contributed by atoms with Crippen molar-refractivity contribution < 1.29 is 0 Å². The van der Waals surface area contributed by atoms with Crippen molar-refractivity contribution in [3.05, 3.63) is 45.4 Å². The van der Waals surface area contributed by atoms with Gasteiger partial charge in [0, 0.05) is 28.5 Å². The van der Waals surface area contributed by atoms with Gasteiger partial charge in [0.05, 0.1) is 0 Å². The quantitative estimate of drug-likeness (QED) is 0.800. The van der Waals surface area contributed by atoms with Crippen molar-refractivity contribution >= 4 is 27.5 Å². The van der Waals surface area contributed by atoms with Gasteiger partial charge in [0.1, 0.15) is 12.2 Å². The van der Waals surface area contributed by atoms with Crippen LogP contribution in [0.1, 0.15) is 37.7 Å². The lowest BCUT2D eigenvalue weighted by Gasteiger charge is -2.20. The van der Waals surface area contributed by atoms with Crippen molar-refractivity contribution in [1.82, 2.24) is 20.1 Å². The second-order valence-corrected chi connectivity index (χ2v) is 6.19. The maximum Gasteiger partial charge on any atom is 0.138 e. The molecule has 0 saturated carbocycles. The molecule has 0 spiro atoms. The van der Waals surface area contributed by atoms with Crippen molar-refractivity contribution in [2.45, 2.75) is 39.3 Å². The minimum absolute atomic E-state index is 0.139. The van der Waals surface area contributed by atoms with Crippen molar-refractivity contribution in [1.29, 1.82) is 0 Å². The fourth-order valence-corrected chi connectivity index (χ4v) is 3.09. The van der Waals surface area contributed by atoms with Crippen LogP contribution in [0.25, 0.3) is 0 Å². The van der Waals surface area contributed by atoms with E-state index in [2.05, 4.69) is 51.2 Å². The number of halogens is 2. The Morgan fingerprint density at radius 3 is 2.86 bits per heavy atom. The van der Waals surface area contributed by atoms with Crippen LogP contribution in [-0.2, 0) is 13.0 Å². The molecule has 0 aliphatic rings. The van der Waals surface area contributed by atoms with Crippen molar-refractivity contribution in [2.75, 3.05) is 6.54 Å². The van der Waals surface area contributed by atoms with Crippen LogP contribution in [0.3, 0.4) is 0 Å². The summed E-state index contributed by atoms with van der Waals surface area (Å²) >= 11 is 9.85. The first-order valence-electron chi connectivity index (χ1n) is 7.20. The Morgan fingerprint density at radius 2 is 2.19 bits per heavy atom. The minimum atomic E-state index is 0.139. The molecule has 1 atom stereocenters. The molecule has 2 aromatic rings. The zero-order chi connectivity index (χ0) is 15.2. The van der Waals surface area contributed by atoms with Gasteiger partial charge in [0.25, 0.3) is 0 Å². The van der Waals surface area contributed by atoms with Crippen LogP contribution in [-0.4, -0.2) is 21.3 Å². The third kappa shape index (κ3) is 4.28. The number of benzene rings is 1. The van der Waals surface area contributed by atoms with E-state index in [9.17, 15) is 0 Å². The summed E-state index contributed by atoms with van der Waals surface area (Å²) < 4.78 is 2.91. The van der Waals surface area contributed by atoms with E-state index in [1.807, 2.05) is 16.8 Å². The first-order valence-corrected chi connectivity index (χ1v) is 8.37. The Bertz CT molecular complexity index is 585. The smallest absolute Gasteiger partial charge is 0.138 e. The molecule has 21 heavy (non-hydrogen) atoms. The Labute approximate surface area is 139 Å². The van der Waals surface area contributed by atoms with E-state index in [1.54, 1.807) is 6.33 Å². The number of aryl methyl sites for hydroxylation is 1. The molecule has 0 aliphatic carbocycles. The van der Waals surface area contributed by atoms with Crippen LogP contribution < -0.4 is 5.32 Å². The molecule has 0 saturated heterocycles. The number of hydrogen-bond acceptors (Lipinski definition) is 3. The number of nitrogens with one attached hydrogen (secondary N) is 1. The minimum Gasteiger partial charge on any atom is -0.310 e. The highest BCUT2D eigenvalue weighted by Gasteiger charge is 2.17. The van der Waals surface area contributed by atoms with Gasteiger partial charge in [-0.3, -0.25) is 4.68 Å². The van der Waals surface area contributed by atoms with E-state index in [-0.39, 0.29) is 6.04 Å². The molecule has 0 radical (unpaired) electrons. The molecule has 1 heterocycles. The molecule has 114 valence electrons. The van der Waals surface area contributed by atoms with Gasteiger partial charge in [0.2, 0.25) is 0 Å². The third-order valence-electron chi connectivity index (χ3n) is 3.36. The van der Waals surface area contributed by atoms with E-state index in [0.717, 1.165) is 46.8 Å². The number of rotatable bonds is 7.